The molecule has 0 bridgehead atoms. The predicted octanol–water partition coefficient (Wildman–Crippen LogP) is 4.34. The fraction of sp³-hybridized carbons (Fsp3) is 0.118. The van der Waals surface area contributed by atoms with E-state index >= 15 is 0 Å². The molecule has 3 rings (SSSR count). The van der Waals surface area contributed by atoms with E-state index in [1.54, 1.807) is 19.1 Å². The summed E-state index contributed by atoms with van der Waals surface area (Å²) in [5, 5.41) is 3.11. The van der Waals surface area contributed by atoms with Gasteiger partial charge in [-0.05, 0) is 43.2 Å². The minimum atomic E-state index is -3.68. The molecule has 0 saturated heterocycles. The molecule has 0 radical (unpaired) electrons. The molecule has 2 aromatic rings. The summed E-state index contributed by atoms with van der Waals surface area (Å²) >= 11 is 3.45. The van der Waals surface area contributed by atoms with Crippen molar-refractivity contribution in [3.05, 3.63) is 69.7 Å². The molecule has 1 aliphatic heterocycles. The average molecular weight is 391 g/mol. The second-order valence-corrected chi connectivity index (χ2v) is 7.72. The van der Waals surface area contributed by atoms with Crippen molar-refractivity contribution in [3.8, 4) is 0 Å². The van der Waals surface area contributed by atoms with E-state index in [4.69, 9.17) is 0 Å². The van der Waals surface area contributed by atoms with E-state index in [2.05, 4.69) is 25.6 Å². The normalized spacial score (nSPS) is 16.4. The maximum Gasteiger partial charge on any atom is 0.285 e. The number of hydrogen-bond donors (Lipinski definition) is 1. The van der Waals surface area contributed by atoms with Crippen molar-refractivity contribution >= 4 is 42.4 Å². The molecule has 4 nitrogen and oxygen atoms in total. The first kappa shape index (κ1) is 16.0. The van der Waals surface area contributed by atoms with Crippen LogP contribution in [0.1, 0.15) is 18.1 Å². The Balaban J connectivity index is 2.01. The van der Waals surface area contributed by atoms with Gasteiger partial charge in [0.05, 0.1) is 0 Å². The first-order chi connectivity index (χ1) is 10.9. The average Bonchev–Trinajstić information content (AvgIpc) is 2.73. The Kier molecular flexibility index (Phi) is 4.12. The molecular formula is C17H15BrN2O2S. The van der Waals surface area contributed by atoms with Gasteiger partial charge < -0.3 is 5.32 Å². The lowest BCUT2D eigenvalue weighted by Crippen LogP contribution is -2.11. The van der Waals surface area contributed by atoms with Crippen LogP contribution in [-0.2, 0) is 10.0 Å². The first-order valence-corrected chi connectivity index (χ1v) is 9.26. The van der Waals surface area contributed by atoms with Gasteiger partial charge in [-0.3, -0.25) is 0 Å². The Labute approximate surface area is 144 Å². The number of hydrogen-bond acceptors (Lipinski definition) is 3. The fourth-order valence-electron chi connectivity index (χ4n) is 2.47. The van der Waals surface area contributed by atoms with Crippen molar-refractivity contribution in [2.75, 3.05) is 5.32 Å². The standard InChI is InChI=1S/C17H15BrN2O2S/c1-11-10-14(8-9-15(11)18)19-17-12(2)16(23(21,22)20-17)13-6-4-3-5-7-13/h3-10H,1-2H3,(H,19,20). The van der Waals surface area contributed by atoms with Crippen molar-refractivity contribution in [1.82, 2.24) is 0 Å². The van der Waals surface area contributed by atoms with Gasteiger partial charge >= 0.3 is 0 Å². The summed E-state index contributed by atoms with van der Waals surface area (Å²) in [6.45, 7) is 3.74. The second kappa shape index (κ2) is 5.94. The van der Waals surface area contributed by atoms with E-state index in [1.165, 1.54) is 0 Å². The third kappa shape index (κ3) is 3.09. The molecule has 23 heavy (non-hydrogen) atoms. The molecule has 0 aromatic heterocycles. The molecule has 6 heteroatoms. The molecular weight excluding hydrogens is 376 g/mol. The second-order valence-electron chi connectivity index (χ2n) is 5.32. The smallest absolute Gasteiger partial charge is 0.285 e. The summed E-state index contributed by atoms with van der Waals surface area (Å²) < 4.78 is 29.7. The molecule has 0 aliphatic carbocycles. The quantitative estimate of drug-likeness (QED) is 0.829. The molecule has 0 fully saturated rings. The molecule has 2 aromatic carbocycles. The number of aryl methyl sites for hydroxylation is 1. The monoisotopic (exact) mass is 390 g/mol. The summed E-state index contributed by atoms with van der Waals surface area (Å²) in [5.74, 6) is 0.366. The van der Waals surface area contributed by atoms with Gasteiger partial charge in [0.25, 0.3) is 10.0 Å². The lowest BCUT2D eigenvalue weighted by atomic mass is 10.1. The molecule has 1 N–H and O–H groups in total. The lowest BCUT2D eigenvalue weighted by Gasteiger charge is -2.08. The molecule has 118 valence electrons. The van der Waals surface area contributed by atoms with Gasteiger partial charge in [0.1, 0.15) is 10.7 Å². The maximum absolute atomic E-state index is 12.4. The molecule has 0 unspecified atom stereocenters. The summed E-state index contributed by atoms with van der Waals surface area (Å²) in [4.78, 5) is 0.259. The van der Waals surface area contributed by atoms with Gasteiger partial charge in [0.15, 0.2) is 0 Å². The van der Waals surface area contributed by atoms with E-state index in [9.17, 15) is 8.42 Å². The molecule has 0 amide bonds. The first-order valence-electron chi connectivity index (χ1n) is 7.03. The van der Waals surface area contributed by atoms with Crippen LogP contribution in [0.25, 0.3) is 4.91 Å². The number of halogens is 1. The van der Waals surface area contributed by atoms with Crippen LogP contribution in [0.4, 0.5) is 5.69 Å². The topological polar surface area (TPSA) is 58.5 Å². The highest BCUT2D eigenvalue weighted by atomic mass is 79.9. The molecule has 1 heterocycles. The van der Waals surface area contributed by atoms with Gasteiger partial charge in [0, 0.05) is 15.7 Å². The number of anilines is 1. The highest BCUT2D eigenvalue weighted by Gasteiger charge is 2.30. The van der Waals surface area contributed by atoms with Crippen molar-refractivity contribution in [1.29, 1.82) is 0 Å². The zero-order valence-corrected chi connectivity index (χ0v) is 15.1. The molecule has 0 spiro atoms. The van der Waals surface area contributed by atoms with Gasteiger partial charge in [-0.2, -0.15) is 8.42 Å². The third-order valence-electron chi connectivity index (χ3n) is 3.62. The van der Waals surface area contributed by atoms with E-state index < -0.39 is 10.0 Å². The minimum Gasteiger partial charge on any atom is -0.339 e. The number of nitrogens with one attached hydrogen (secondary N) is 1. The summed E-state index contributed by atoms with van der Waals surface area (Å²) in [6.07, 6.45) is 0. The van der Waals surface area contributed by atoms with Gasteiger partial charge in [-0.15, -0.1) is 4.40 Å². The fourth-order valence-corrected chi connectivity index (χ4v) is 4.14. The Morgan fingerprint density at radius 1 is 1.04 bits per heavy atom. The highest BCUT2D eigenvalue weighted by molar-refractivity contribution is 9.10. The molecule has 1 aliphatic rings. The Morgan fingerprint density at radius 3 is 2.39 bits per heavy atom. The van der Waals surface area contributed by atoms with Crippen LogP contribution < -0.4 is 5.32 Å². The Bertz CT molecular complexity index is 932. The van der Waals surface area contributed by atoms with Crippen LogP contribution in [0, 0.1) is 6.92 Å². The van der Waals surface area contributed by atoms with Gasteiger partial charge in [-0.25, -0.2) is 0 Å². The summed E-state index contributed by atoms with van der Waals surface area (Å²) in [6, 6.07) is 14.8. The molecule has 0 saturated carbocycles. The summed E-state index contributed by atoms with van der Waals surface area (Å²) in [5.41, 5.74) is 3.13. The van der Waals surface area contributed by atoms with Crippen LogP contribution in [0.2, 0.25) is 0 Å². The minimum absolute atomic E-state index is 0.259. The van der Waals surface area contributed by atoms with E-state index in [0.717, 1.165) is 15.7 Å². The number of sulfonamides is 1. The van der Waals surface area contributed by atoms with Crippen LogP contribution in [-0.4, -0.2) is 14.3 Å². The lowest BCUT2D eigenvalue weighted by molar-refractivity contribution is 0.608. The zero-order valence-electron chi connectivity index (χ0n) is 12.7. The number of benzene rings is 2. The highest BCUT2D eigenvalue weighted by Crippen LogP contribution is 2.33. The third-order valence-corrected chi connectivity index (χ3v) is 5.99. The van der Waals surface area contributed by atoms with Crippen molar-refractivity contribution in [2.45, 2.75) is 13.8 Å². The van der Waals surface area contributed by atoms with Gasteiger partial charge in [-0.1, -0.05) is 46.3 Å². The Morgan fingerprint density at radius 2 is 1.74 bits per heavy atom. The molecule has 0 atom stereocenters. The maximum atomic E-state index is 12.4. The zero-order chi connectivity index (χ0) is 16.6. The van der Waals surface area contributed by atoms with Crippen LogP contribution in [0.5, 0.6) is 0 Å². The van der Waals surface area contributed by atoms with Crippen molar-refractivity contribution in [3.63, 3.8) is 0 Å². The van der Waals surface area contributed by atoms with E-state index in [-0.39, 0.29) is 4.91 Å². The Hall–Kier alpha value is -1.92. The number of nitrogens with zero attached hydrogens (tertiary/aromatic N) is 1. The van der Waals surface area contributed by atoms with Gasteiger partial charge in [0.2, 0.25) is 0 Å². The van der Waals surface area contributed by atoms with Crippen LogP contribution in [0.15, 0.2) is 63.0 Å². The van der Waals surface area contributed by atoms with E-state index in [0.29, 0.717) is 17.0 Å². The SMILES string of the molecule is CC1=C(c2ccccc2)S(=O)(=O)N=C1Nc1ccc(Br)c(C)c1. The van der Waals surface area contributed by atoms with Crippen molar-refractivity contribution < 1.29 is 8.42 Å². The van der Waals surface area contributed by atoms with Crippen LogP contribution >= 0.6 is 15.9 Å². The predicted molar refractivity (Wildman–Crippen MR) is 97.9 cm³/mol. The summed E-state index contributed by atoms with van der Waals surface area (Å²) in [7, 11) is -3.68. The van der Waals surface area contributed by atoms with Crippen LogP contribution in [0.3, 0.4) is 0 Å². The van der Waals surface area contributed by atoms with E-state index in [1.807, 2.05) is 43.3 Å². The van der Waals surface area contributed by atoms with Crippen molar-refractivity contribution in [2.24, 2.45) is 4.40 Å². The largest absolute Gasteiger partial charge is 0.339 e. The number of rotatable bonds is 2. The number of amidine groups is 1.